The van der Waals surface area contributed by atoms with Crippen molar-refractivity contribution in [2.24, 2.45) is 4.99 Å². The highest BCUT2D eigenvalue weighted by Crippen LogP contribution is 2.50. The van der Waals surface area contributed by atoms with Gasteiger partial charge in [-0.2, -0.15) is 0 Å². The van der Waals surface area contributed by atoms with E-state index in [1.807, 2.05) is 12.1 Å². The molecule has 0 spiro atoms. The van der Waals surface area contributed by atoms with Crippen LogP contribution in [0, 0.1) is 5.82 Å². The third kappa shape index (κ3) is 3.94. The zero-order chi connectivity index (χ0) is 20.4. The van der Waals surface area contributed by atoms with Crippen LogP contribution in [-0.4, -0.2) is 29.1 Å². The number of aliphatic imine (C=N–C) groups is 1. The molecule has 0 aromatic heterocycles. The number of hydrogen-bond donors (Lipinski definition) is 0. The number of carbonyl (C=O) groups excluding carboxylic acids is 1. The molecule has 2 aromatic carbocycles. The molecule has 2 aliphatic heterocycles. The molecule has 0 N–H and O–H groups in total. The first-order valence-electron chi connectivity index (χ1n) is 9.75. The number of anilines is 1. The third-order valence-corrected chi connectivity index (χ3v) is 7.15. The molecule has 2 aliphatic rings. The van der Waals surface area contributed by atoms with E-state index in [1.54, 1.807) is 28.8 Å². The second kappa shape index (κ2) is 8.63. The highest BCUT2D eigenvalue weighted by molar-refractivity contribution is 8.19. The Morgan fingerprint density at radius 1 is 1.00 bits per heavy atom. The standard InChI is InChI=1S/C22H22FN3OS2/c1-3-5-14-26-20(27)19(29-22(26)24-16-12-10-15(23)11-13-16)21-25(4-2)17-8-6-7-9-18(17)28-21/h6-13H,3-5,14H2,1-2H3/b21-19-,24-22?. The topological polar surface area (TPSA) is 35.9 Å². The molecule has 29 heavy (non-hydrogen) atoms. The molecule has 0 radical (unpaired) electrons. The number of thioether (sulfide) groups is 2. The van der Waals surface area contributed by atoms with E-state index < -0.39 is 0 Å². The Morgan fingerprint density at radius 3 is 2.48 bits per heavy atom. The molecule has 150 valence electrons. The van der Waals surface area contributed by atoms with Gasteiger partial charge in [-0.1, -0.05) is 37.2 Å². The Labute approximate surface area is 178 Å². The van der Waals surface area contributed by atoms with Crippen molar-refractivity contribution < 1.29 is 9.18 Å². The van der Waals surface area contributed by atoms with Gasteiger partial charge in [0.25, 0.3) is 5.91 Å². The van der Waals surface area contributed by atoms with Gasteiger partial charge in [0.1, 0.15) is 15.8 Å². The molecule has 1 fully saturated rings. The summed E-state index contributed by atoms with van der Waals surface area (Å²) in [6, 6.07) is 14.3. The summed E-state index contributed by atoms with van der Waals surface area (Å²) in [7, 11) is 0. The van der Waals surface area contributed by atoms with E-state index in [0.717, 1.165) is 35.0 Å². The summed E-state index contributed by atoms with van der Waals surface area (Å²) in [6.07, 6.45) is 1.90. The molecule has 1 amide bonds. The summed E-state index contributed by atoms with van der Waals surface area (Å²) in [6.45, 7) is 5.61. The van der Waals surface area contributed by atoms with E-state index in [1.165, 1.54) is 23.9 Å². The van der Waals surface area contributed by atoms with E-state index in [-0.39, 0.29) is 11.7 Å². The summed E-state index contributed by atoms with van der Waals surface area (Å²) < 4.78 is 13.2. The lowest BCUT2D eigenvalue weighted by molar-refractivity contribution is -0.122. The van der Waals surface area contributed by atoms with Crippen LogP contribution in [0.5, 0.6) is 0 Å². The van der Waals surface area contributed by atoms with Gasteiger partial charge in [0, 0.05) is 18.0 Å². The van der Waals surface area contributed by atoms with Crippen molar-refractivity contribution in [1.29, 1.82) is 0 Å². The highest BCUT2D eigenvalue weighted by atomic mass is 32.2. The minimum Gasteiger partial charge on any atom is -0.334 e. The molecule has 2 heterocycles. The van der Waals surface area contributed by atoms with Gasteiger partial charge in [0.2, 0.25) is 0 Å². The van der Waals surface area contributed by atoms with Gasteiger partial charge in [0.15, 0.2) is 5.17 Å². The summed E-state index contributed by atoms with van der Waals surface area (Å²) >= 11 is 3.05. The van der Waals surface area contributed by atoms with E-state index in [9.17, 15) is 9.18 Å². The fourth-order valence-corrected chi connectivity index (χ4v) is 5.69. The van der Waals surface area contributed by atoms with Crippen LogP contribution in [0.3, 0.4) is 0 Å². The van der Waals surface area contributed by atoms with Crippen LogP contribution in [0.25, 0.3) is 0 Å². The number of carbonyl (C=O) groups is 1. The van der Waals surface area contributed by atoms with Gasteiger partial charge in [-0.25, -0.2) is 9.38 Å². The Bertz CT molecular complexity index is 988. The van der Waals surface area contributed by atoms with Crippen molar-refractivity contribution in [3.63, 3.8) is 0 Å². The predicted octanol–water partition coefficient (Wildman–Crippen LogP) is 5.99. The van der Waals surface area contributed by atoms with Gasteiger partial charge < -0.3 is 4.90 Å². The number of nitrogens with zero attached hydrogens (tertiary/aromatic N) is 3. The fraction of sp³-hybridized carbons (Fsp3) is 0.273. The summed E-state index contributed by atoms with van der Waals surface area (Å²) in [5.41, 5.74) is 1.78. The molecular formula is C22H22FN3OS2. The van der Waals surface area contributed by atoms with E-state index in [0.29, 0.717) is 22.3 Å². The average molecular weight is 428 g/mol. The smallest absolute Gasteiger partial charge is 0.269 e. The monoisotopic (exact) mass is 427 g/mol. The van der Waals surface area contributed by atoms with Crippen LogP contribution in [-0.2, 0) is 4.79 Å². The number of amidine groups is 1. The second-order valence-corrected chi connectivity index (χ2v) is 8.74. The summed E-state index contributed by atoms with van der Waals surface area (Å²) in [5.74, 6) is -0.300. The number of fused-ring (bicyclic) bond motifs is 1. The Hall–Kier alpha value is -2.25. The number of hydrogen-bond acceptors (Lipinski definition) is 5. The molecule has 0 bridgehead atoms. The van der Waals surface area contributed by atoms with Crippen molar-refractivity contribution in [2.75, 3.05) is 18.0 Å². The maximum Gasteiger partial charge on any atom is 0.269 e. The number of unbranched alkanes of at least 4 members (excludes halogenated alkanes) is 1. The first-order chi connectivity index (χ1) is 14.1. The Morgan fingerprint density at radius 2 is 1.76 bits per heavy atom. The van der Waals surface area contributed by atoms with Gasteiger partial charge in [0.05, 0.1) is 11.4 Å². The van der Waals surface area contributed by atoms with Crippen LogP contribution in [0.1, 0.15) is 26.7 Å². The minimum absolute atomic E-state index is 0.00179. The van der Waals surface area contributed by atoms with E-state index in [4.69, 9.17) is 0 Å². The lowest BCUT2D eigenvalue weighted by Crippen LogP contribution is -2.30. The number of para-hydroxylation sites is 1. The fourth-order valence-electron chi connectivity index (χ4n) is 3.28. The quantitative estimate of drug-likeness (QED) is 0.549. The van der Waals surface area contributed by atoms with Crippen molar-refractivity contribution in [1.82, 2.24) is 4.90 Å². The summed E-state index contributed by atoms with van der Waals surface area (Å²) in [4.78, 5) is 23.8. The van der Waals surface area contributed by atoms with E-state index >= 15 is 0 Å². The van der Waals surface area contributed by atoms with Crippen LogP contribution in [0.15, 0.2) is 68.4 Å². The summed E-state index contributed by atoms with van der Waals surface area (Å²) in [5, 5.41) is 1.62. The maximum absolute atomic E-state index is 13.3. The van der Waals surface area contributed by atoms with Crippen LogP contribution < -0.4 is 4.90 Å². The average Bonchev–Trinajstić information content (AvgIpc) is 3.25. The number of rotatable bonds is 5. The van der Waals surface area contributed by atoms with Crippen molar-refractivity contribution in [2.45, 2.75) is 31.6 Å². The predicted molar refractivity (Wildman–Crippen MR) is 120 cm³/mol. The van der Waals surface area contributed by atoms with Crippen molar-refractivity contribution >= 4 is 46.0 Å². The van der Waals surface area contributed by atoms with Crippen LogP contribution in [0.2, 0.25) is 0 Å². The lowest BCUT2D eigenvalue weighted by Gasteiger charge is -2.19. The minimum atomic E-state index is -0.298. The van der Waals surface area contributed by atoms with Gasteiger partial charge in [-0.05, 0) is 61.5 Å². The molecule has 7 heteroatoms. The molecule has 2 aromatic rings. The number of amides is 1. The van der Waals surface area contributed by atoms with Crippen LogP contribution in [0.4, 0.5) is 15.8 Å². The van der Waals surface area contributed by atoms with E-state index in [2.05, 4.69) is 35.9 Å². The molecule has 0 saturated carbocycles. The molecule has 4 rings (SSSR count). The molecule has 1 saturated heterocycles. The highest BCUT2D eigenvalue weighted by Gasteiger charge is 2.39. The normalized spacial score (nSPS) is 20.1. The SMILES string of the molecule is CCCCN1C(=O)/C(=C2/Sc3ccccc3N2CC)SC1=Nc1ccc(F)cc1. The van der Waals surface area contributed by atoms with Gasteiger partial charge in [-0.3, -0.25) is 9.69 Å². The van der Waals surface area contributed by atoms with Crippen molar-refractivity contribution in [3.8, 4) is 0 Å². The maximum atomic E-state index is 13.3. The molecular weight excluding hydrogens is 405 g/mol. The molecule has 0 aliphatic carbocycles. The first-order valence-corrected chi connectivity index (χ1v) is 11.4. The van der Waals surface area contributed by atoms with Gasteiger partial charge in [-0.15, -0.1) is 0 Å². The third-order valence-electron chi connectivity index (χ3n) is 4.77. The zero-order valence-electron chi connectivity index (χ0n) is 16.4. The first kappa shape index (κ1) is 20.0. The largest absolute Gasteiger partial charge is 0.334 e. The molecule has 0 atom stereocenters. The molecule has 0 unspecified atom stereocenters. The molecule has 4 nitrogen and oxygen atoms in total. The lowest BCUT2D eigenvalue weighted by atomic mass is 10.3. The number of benzene rings is 2. The Balaban J connectivity index is 1.73. The zero-order valence-corrected chi connectivity index (χ0v) is 18.0. The van der Waals surface area contributed by atoms with Crippen molar-refractivity contribution in [3.05, 3.63) is 64.3 Å². The Kier molecular flexibility index (Phi) is 5.96. The van der Waals surface area contributed by atoms with Crippen LogP contribution >= 0.6 is 23.5 Å². The second-order valence-electron chi connectivity index (χ2n) is 6.73. The van der Waals surface area contributed by atoms with Gasteiger partial charge >= 0.3 is 0 Å². The number of halogens is 1.